The van der Waals surface area contributed by atoms with Crippen molar-refractivity contribution in [2.45, 2.75) is 31.6 Å². The number of aromatic nitrogens is 2. The topological polar surface area (TPSA) is 92.5 Å². The van der Waals surface area contributed by atoms with Gasteiger partial charge >= 0.3 is 12.1 Å². The van der Waals surface area contributed by atoms with Gasteiger partial charge in [-0.2, -0.15) is 17.5 Å². The molecule has 1 aromatic heterocycles. The Labute approximate surface area is 119 Å². The Hall–Kier alpha value is -1.62. The van der Waals surface area contributed by atoms with Crippen molar-refractivity contribution in [2.75, 3.05) is 13.1 Å². The summed E-state index contributed by atoms with van der Waals surface area (Å²) >= 11 is 0. The van der Waals surface area contributed by atoms with Crippen molar-refractivity contribution in [1.82, 2.24) is 13.9 Å². The number of halogens is 3. The lowest BCUT2D eigenvalue weighted by Gasteiger charge is -2.20. The zero-order valence-corrected chi connectivity index (χ0v) is 12.1. The molecule has 11 heteroatoms. The molecule has 120 valence electrons. The van der Waals surface area contributed by atoms with Crippen LogP contribution in [0.1, 0.15) is 12.7 Å². The number of carbonyl (C=O) groups is 1. The maximum absolute atomic E-state index is 12.4. The predicted molar refractivity (Wildman–Crippen MR) is 65.1 cm³/mol. The highest BCUT2D eigenvalue weighted by atomic mass is 32.2. The number of alkyl halides is 3. The maximum atomic E-state index is 12.4. The van der Waals surface area contributed by atoms with Gasteiger partial charge in [0.2, 0.25) is 0 Å². The van der Waals surface area contributed by atoms with Crippen LogP contribution in [0.5, 0.6) is 0 Å². The molecule has 0 spiro atoms. The van der Waals surface area contributed by atoms with E-state index in [4.69, 9.17) is 5.11 Å². The highest BCUT2D eigenvalue weighted by Crippen LogP contribution is 2.22. The van der Waals surface area contributed by atoms with Gasteiger partial charge in [-0.25, -0.2) is 13.4 Å². The van der Waals surface area contributed by atoms with E-state index in [1.54, 1.807) is 6.92 Å². The molecule has 0 fully saturated rings. The Balaban J connectivity index is 3.22. The Bertz CT molecular complexity index is 624. The third-order valence-electron chi connectivity index (χ3n) is 2.57. The average Bonchev–Trinajstić information content (AvgIpc) is 2.67. The molecule has 0 aliphatic rings. The fourth-order valence-electron chi connectivity index (χ4n) is 1.63. The third kappa shape index (κ3) is 4.43. The second-order valence-electron chi connectivity index (χ2n) is 4.19. The summed E-state index contributed by atoms with van der Waals surface area (Å²) in [6.07, 6.45) is -3.78. The number of carboxylic acid groups (broad SMARTS) is 1. The average molecular weight is 329 g/mol. The molecular weight excluding hydrogens is 315 g/mol. The van der Waals surface area contributed by atoms with Gasteiger partial charge in [-0.05, 0) is 13.8 Å². The number of rotatable bonds is 6. The molecule has 0 aliphatic carbocycles. The van der Waals surface area contributed by atoms with Crippen molar-refractivity contribution in [2.24, 2.45) is 0 Å². The lowest BCUT2D eigenvalue weighted by molar-refractivity contribution is -0.146. The zero-order valence-electron chi connectivity index (χ0n) is 11.3. The molecule has 1 rings (SSSR count). The van der Waals surface area contributed by atoms with Crippen LogP contribution in [0.4, 0.5) is 13.2 Å². The molecule has 0 aliphatic heterocycles. The van der Waals surface area contributed by atoms with Crippen molar-refractivity contribution in [3.05, 3.63) is 12.0 Å². The standard InChI is InChI=1S/C10H14F3N3O4S/c1-3-15-4-8(14-7(15)2)21(19,20)16(5-9(17)18)6-10(11,12)13/h4H,3,5-6H2,1-2H3,(H,17,18). The van der Waals surface area contributed by atoms with Crippen LogP contribution in [0.2, 0.25) is 0 Å². The summed E-state index contributed by atoms with van der Waals surface area (Å²) in [4.78, 5) is 14.3. The van der Waals surface area contributed by atoms with Crippen LogP contribution in [0.25, 0.3) is 0 Å². The number of hydrogen-bond donors (Lipinski definition) is 1. The second kappa shape index (κ2) is 6.02. The van der Waals surface area contributed by atoms with Gasteiger partial charge in [0, 0.05) is 12.7 Å². The first-order valence-electron chi connectivity index (χ1n) is 5.80. The van der Waals surface area contributed by atoms with E-state index in [-0.39, 0.29) is 4.31 Å². The van der Waals surface area contributed by atoms with E-state index in [2.05, 4.69) is 4.98 Å². The summed E-state index contributed by atoms with van der Waals surface area (Å²) in [5, 5.41) is 7.99. The van der Waals surface area contributed by atoms with Gasteiger partial charge in [0.05, 0.1) is 0 Å². The molecule has 7 nitrogen and oxygen atoms in total. The van der Waals surface area contributed by atoms with Crippen molar-refractivity contribution >= 4 is 16.0 Å². The molecule has 0 amide bonds. The van der Waals surface area contributed by atoms with E-state index >= 15 is 0 Å². The quantitative estimate of drug-likeness (QED) is 0.835. The van der Waals surface area contributed by atoms with Crippen LogP contribution < -0.4 is 0 Å². The van der Waals surface area contributed by atoms with Gasteiger partial charge in [-0.1, -0.05) is 0 Å². The smallest absolute Gasteiger partial charge is 0.402 e. The zero-order chi connectivity index (χ0) is 16.4. The molecule has 0 atom stereocenters. The fourth-order valence-corrected chi connectivity index (χ4v) is 3.00. The molecule has 0 saturated heterocycles. The summed E-state index contributed by atoms with van der Waals surface area (Å²) in [6.45, 7) is 0.399. The van der Waals surface area contributed by atoms with Crippen LogP contribution in [-0.2, 0) is 21.4 Å². The predicted octanol–water partition coefficient (Wildman–Crippen LogP) is 0.849. The minimum Gasteiger partial charge on any atom is -0.480 e. The number of aliphatic carboxylic acids is 1. The molecule has 21 heavy (non-hydrogen) atoms. The summed E-state index contributed by atoms with van der Waals surface area (Å²) in [5.41, 5.74) is 0. The van der Waals surface area contributed by atoms with E-state index in [0.29, 0.717) is 12.4 Å². The molecule has 0 bridgehead atoms. The maximum Gasteiger partial charge on any atom is 0.402 e. The largest absolute Gasteiger partial charge is 0.480 e. The molecule has 0 saturated carbocycles. The SMILES string of the molecule is CCn1cc(S(=O)(=O)N(CC(=O)O)CC(F)(F)F)nc1C. The van der Waals surface area contributed by atoms with Crippen LogP contribution in [-0.4, -0.2) is 52.6 Å². The third-order valence-corrected chi connectivity index (χ3v) is 4.23. The Morgan fingerprint density at radius 2 is 2.05 bits per heavy atom. The van der Waals surface area contributed by atoms with E-state index in [1.165, 1.54) is 11.5 Å². The van der Waals surface area contributed by atoms with Gasteiger partial charge in [0.15, 0.2) is 5.03 Å². The first kappa shape index (κ1) is 17.4. The van der Waals surface area contributed by atoms with Crippen LogP contribution in [0.15, 0.2) is 11.2 Å². The molecule has 0 unspecified atom stereocenters. The van der Waals surface area contributed by atoms with E-state index in [1.807, 2.05) is 0 Å². The Morgan fingerprint density at radius 3 is 2.43 bits per heavy atom. The molecule has 1 aromatic rings. The van der Waals surface area contributed by atoms with Crippen LogP contribution in [0, 0.1) is 6.92 Å². The van der Waals surface area contributed by atoms with Crippen LogP contribution >= 0.6 is 0 Å². The van der Waals surface area contributed by atoms with Crippen LogP contribution in [0.3, 0.4) is 0 Å². The van der Waals surface area contributed by atoms with Gasteiger partial charge in [0.25, 0.3) is 10.0 Å². The molecule has 0 radical (unpaired) electrons. The number of hydrogen-bond acceptors (Lipinski definition) is 4. The lowest BCUT2D eigenvalue weighted by Crippen LogP contribution is -2.42. The van der Waals surface area contributed by atoms with Gasteiger partial charge < -0.3 is 9.67 Å². The number of imidazole rings is 1. The highest BCUT2D eigenvalue weighted by Gasteiger charge is 2.39. The number of aryl methyl sites for hydroxylation is 2. The Morgan fingerprint density at radius 1 is 1.48 bits per heavy atom. The van der Waals surface area contributed by atoms with Gasteiger partial charge in [0.1, 0.15) is 18.9 Å². The lowest BCUT2D eigenvalue weighted by atomic mass is 10.6. The first-order chi connectivity index (χ1) is 9.47. The van der Waals surface area contributed by atoms with Gasteiger partial charge in [-0.3, -0.25) is 4.79 Å². The number of nitrogens with zero attached hydrogens (tertiary/aromatic N) is 3. The summed E-state index contributed by atoms with van der Waals surface area (Å²) < 4.78 is 62.8. The van der Waals surface area contributed by atoms with Crippen molar-refractivity contribution in [1.29, 1.82) is 0 Å². The molecular formula is C10H14F3N3O4S. The summed E-state index contributed by atoms with van der Waals surface area (Å²) in [7, 11) is -4.64. The number of sulfonamides is 1. The number of carboxylic acids is 1. The van der Waals surface area contributed by atoms with Crippen molar-refractivity contribution in [3.63, 3.8) is 0 Å². The Kier molecular flexibility index (Phi) is 4.99. The second-order valence-corrected chi connectivity index (χ2v) is 6.08. The molecule has 1 heterocycles. The normalized spacial score (nSPS) is 12.9. The minimum atomic E-state index is -4.86. The van der Waals surface area contributed by atoms with Gasteiger partial charge in [-0.15, -0.1) is 0 Å². The minimum absolute atomic E-state index is 0.156. The first-order valence-corrected chi connectivity index (χ1v) is 7.24. The van der Waals surface area contributed by atoms with E-state index in [9.17, 15) is 26.4 Å². The monoisotopic (exact) mass is 329 g/mol. The summed E-state index contributed by atoms with van der Waals surface area (Å²) in [6, 6.07) is 0. The van der Waals surface area contributed by atoms with Crippen molar-refractivity contribution < 1.29 is 31.5 Å². The van der Waals surface area contributed by atoms with E-state index < -0.39 is 40.3 Å². The van der Waals surface area contributed by atoms with Crippen molar-refractivity contribution in [3.8, 4) is 0 Å². The molecule has 0 aromatic carbocycles. The molecule has 1 N–H and O–H groups in total. The van der Waals surface area contributed by atoms with E-state index in [0.717, 1.165) is 6.20 Å². The summed E-state index contributed by atoms with van der Waals surface area (Å²) in [5.74, 6) is -1.38. The highest BCUT2D eigenvalue weighted by molar-refractivity contribution is 7.89. The fraction of sp³-hybridized carbons (Fsp3) is 0.600.